The number of hydrogen-bond donors (Lipinski definition) is 1. The molecular formula is C17H23N3O2S3. The highest BCUT2D eigenvalue weighted by atomic mass is 32.2. The van der Waals surface area contributed by atoms with Gasteiger partial charge in [0.25, 0.3) is 0 Å². The monoisotopic (exact) mass is 397 g/mol. The fraction of sp³-hybridized carbons (Fsp3) is 0.529. The molecule has 0 amide bonds. The van der Waals surface area contributed by atoms with Gasteiger partial charge in [0.2, 0.25) is 0 Å². The fourth-order valence-electron chi connectivity index (χ4n) is 2.89. The Morgan fingerprint density at radius 1 is 1.40 bits per heavy atom. The molecule has 1 fully saturated rings. The van der Waals surface area contributed by atoms with E-state index in [1.54, 1.807) is 23.1 Å². The van der Waals surface area contributed by atoms with E-state index in [1.165, 1.54) is 50.8 Å². The van der Waals surface area contributed by atoms with Crippen LogP contribution >= 0.6 is 34.4 Å². The van der Waals surface area contributed by atoms with Gasteiger partial charge < -0.3 is 15.0 Å². The maximum absolute atomic E-state index is 11.8. The molecule has 2 aromatic rings. The third-order valence-electron chi connectivity index (χ3n) is 4.20. The van der Waals surface area contributed by atoms with Crippen LogP contribution in [0, 0.1) is 0 Å². The van der Waals surface area contributed by atoms with E-state index < -0.39 is 0 Å². The van der Waals surface area contributed by atoms with Crippen molar-refractivity contribution in [3.8, 4) is 11.3 Å². The van der Waals surface area contributed by atoms with Crippen LogP contribution in [0.2, 0.25) is 0 Å². The summed E-state index contributed by atoms with van der Waals surface area (Å²) in [6.07, 6.45) is 6.02. The molecule has 5 nitrogen and oxygen atoms in total. The van der Waals surface area contributed by atoms with Crippen molar-refractivity contribution in [2.24, 2.45) is 0 Å². The average Bonchev–Trinajstić information content (AvgIpc) is 3.28. The Bertz CT molecular complexity index is 708. The van der Waals surface area contributed by atoms with Crippen LogP contribution in [0.15, 0.2) is 15.7 Å². The molecule has 0 saturated carbocycles. The van der Waals surface area contributed by atoms with Crippen LogP contribution in [-0.4, -0.2) is 55.4 Å². The number of likely N-dealkylation sites (tertiary alicyclic amines) is 1. The highest BCUT2D eigenvalue weighted by Gasteiger charge is 2.18. The Morgan fingerprint density at radius 2 is 2.20 bits per heavy atom. The standard InChI is InChI=1S/C17H23N3O2S3/c1-22-15(21)14-10-12(16(23-2)25-14)13-11-24-17(19-13)18-6-9-20-7-4-3-5-8-20/h10-11H,3-9H2,1-2H3,(H,18,19). The van der Waals surface area contributed by atoms with Crippen LogP contribution in [0.3, 0.4) is 0 Å². The summed E-state index contributed by atoms with van der Waals surface area (Å²) in [5.41, 5.74) is 1.93. The zero-order valence-electron chi connectivity index (χ0n) is 14.5. The van der Waals surface area contributed by atoms with Gasteiger partial charge in [-0.2, -0.15) is 0 Å². The number of esters is 1. The molecule has 3 heterocycles. The number of nitrogens with one attached hydrogen (secondary N) is 1. The number of piperidine rings is 1. The van der Waals surface area contributed by atoms with E-state index in [9.17, 15) is 4.79 Å². The first-order valence-electron chi connectivity index (χ1n) is 8.39. The molecule has 0 atom stereocenters. The summed E-state index contributed by atoms with van der Waals surface area (Å²) in [6.45, 7) is 4.41. The first-order chi connectivity index (χ1) is 12.2. The number of carbonyl (C=O) groups is 1. The van der Waals surface area contributed by atoms with Crippen molar-refractivity contribution >= 4 is 45.5 Å². The van der Waals surface area contributed by atoms with Crippen molar-refractivity contribution in [3.05, 3.63) is 16.3 Å². The number of thiazole rings is 1. The van der Waals surface area contributed by atoms with E-state index in [0.29, 0.717) is 4.88 Å². The van der Waals surface area contributed by atoms with Crippen LogP contribution in [0.1, 0.15) is 28.9 Å². The Morgan fingerprint density at radius 3 is 2.92 bits per heavy atom. The number of thioether (sulfide) groups is 1. The predicted octanol–water partition coefficient (Wildman–Crippen LogP) is 4.28. The smallest absolute Gasteiger partial charge is 0.348 e. The van der Waals surface area contributed by atoms with Crippen LogP contribution in [-0.2, 0) is 4.74 Å². The summed E-state index contributed by atoms with van der Waals surface area (Å²) in [4.78, 5) is 19.6. The third kappa shape index (κ3) is 4.75. The largest absolute Gasteiger partial charge is 0.465 e. The number of carbonyl (C=O) groups excluding carboxylic acids is 1. The van der Waals surface area contributed by atoms with Crippen molar-refractivity contribution in [1.82, 2.24) is 9.88 Å². The van der Waals surface area contributed by atoms with E-state index in [1.807, 2.05) is 17.7 Å². The van der Waals surface area contributed by atoms with Crippen molar-refractivity contribution in [1.29, 1.82) is 0 Å². The number of rotatable bonds is 7. The lowest BCUT2D eigenvalue weighted by Crippen LogP contribution is -2.33. The molecule has 136 valence electrons. The van der Waals surface area contributed by atoms with Gasteiger partial charge in [-0.25, -0.2) is 9.78 Å². The lowest BCUT2D eigenvalue weighted by atomic mass is 10.1. The second kappa shape index (κ2) is 9.02. The second-order valence-corrected chi connectivity index (χ2v) is 8.86. The lowest BCUT2D eigenvalue weighted by Gasteiger charge is -2.26. The normalized spacial score (nSPS) is 15.3. The van der Waals surface area contributed by atoms with E-state index in [-0.39, 0.29) is 5.97 Å². The molecule has 1 aliphatic heterocycles. The number of methoxy groups -OCH3 is 1. The SMILES string of the molecule is COC(=O)c1cc(-c2csc(NCCN3CCCCC3)n2)c(SC)s1. The zero-order chi connectivity index (χ0) is 17.6. The van der Waals surface area contributed by atoms with Crippen molar-refractivity contribution in [2.45, 2.75) is 23.5 Å². The summed E-state index contributed by atoms with van der Waals surface area (Å²) >= 11 is 4.70. The third-order valence-corrected chi connectivity index (χ3v) is 7.25. The van der Waals surface area contributed by atoms with Gasteiger partial charge in [-0.3, -0.25) is 0 Å². The Labute approximate surface area is 160 Å². The number of ether oxygens (including phenoxy) is 1. The van der Waals surface area contributed by atoms with Crippen LogP contribution in [0.4, 0.5) is 5.13 Å². The Hall–Kier alpha value is -1.09. The molecule has 2 aromatic heterocycles. The van der Waals surface area contributed by atoms with Gasteiger partial charge in [0, 0.05) is 24.0 Å². The number of nitrogens with zero attached hydrogens (tertiary/aromatic N) is 2. The minimum absolute atomic E-state index is 0.290. The maximum atomic E-state index is 11.8. The Balaban J connectivity index is 1.62. The van der Waals surface area contributed by atoms with E-state index in [4.69, 9.17) is 9.72 Å². The minimum Gasteiger partial charge on any atom is -0.465 e. The molecule has 0 aromatic carbocycles. The molecule has 1 saturated heterocycles. The number of thiophene rings is 1. The first kappa shape index (κ1) is 18.7. The minimum atomic E-state index is -0.290. The molecule has 3 rings (SSSR count). The number of hydrogen-bond acceptors (Lipinski definition) is 8. The van der Waals surface area contributed by atoms with Crippen molar-refractivity contribution < 1.29 is 9.53 Å². The lowest BCUT2D eigenvalue weighted by molar-refractivity contribution is 0.0606. The van der Waals surface area contributed by atoms with Gasteiger partial charge in [0.1, 0.15) is 4.88 Å². The molecule has 0 aliphatic carbocycles. The highest BCUT2D eigenvalue weighted by molar-refractivity contribution is 8.00. The maximum Gasteiger partial charge on any atom is 0.348 e. The van der Waals surface area contributed by atoms with Gasteiger partial charge in [-0.05, 0) is 38.3 Å². The summed E-state index contributed by atoms with van der Waals surface area (Å²) in [5.74, 6) is -0.290. The Kier molecular flexibility index (Phi) is 6.75. The second-order valence-electron chi connectivity index (χ2n) is 5.87. The van der Waals surface area contributed by atoms with E-state index in [0.717, 1.165) is 33.7 Å². The zero-order valence-corrected chi connectivity index (χ0v) is 17.0. The fourth-order valence-corrected chi connectivity index (χ4v) is 5.43. The van der Waals surface area contributed by atoms with E-state index in [2.05, 4.69) is 10.2 Å². The molecule has 0 bridgehead atoms. The summed E-state index contributed by atoms with van der Waals surface area (Å²) in [7, 11) is 1.41. The van der Waals surface area contributed by atoms with Crippen LogP contribution in [0.25, 0.3) is 11.3 Å². The summed E-state index contributed by atoms with van der Waals surface area (Å²) in [6, 6.07) is 1.88. The molecular weight excluding hydrogens is 374 g/mol. The van der Waals surface area contributed by atoms with Crippen molar-refractivity contribution in [2.75, 3.05) is 44.9 Å². The average molecular weight is 398 g/mol. The molecule has 0 spiro atoms. The summed E-state index contributed by atoms with van der Waals surface area (Å²) in [5, 5.41) is 6.41. The topological polar surface area (TPSA) is 54.5 Å². The molecule has 8 heteroatoms. The molecule has 0 unspecified atom stereocenters. The first-order valence-corrected chi connectivity index (χ1v) is 11.3. The van der Waals surface area contributed by atoms with Crippen molar-refractivity contribution in [3.63, 3.8) is 0 Å². The van der Waals surface area contributed by atoms with Gasteiger partial charge in [-0.15, -0.1) is 34.4 Å². The van der Waals surface area contributed by atoms with Gasteiger partial charge in [0.15, 0.2) is 5.13 Å². The molecule has 25 heavy (non-hydrogen) atoms. The molecule has 0 radical (unpaired) electrons. The molecule has 1 N–H and O–H groups in total. The van der Waals surface area contributed by atoms with Crippen LogP contribution < -0.4 is 5.32 Å². The summed E-state index contributed by atoms with van der Waals surface area (Å²) < 4.78 is 5.92. The van der Waals surface area contributed by atoms with Gasteiger partial charge >= 0.3 is 5.97 Å². The predicted molar refractivity (Wildman–Crippen MR) is 107 cm³/mol. The van der Waals surface area contributed by atoms with Gasteiger partial charge in [0.05, 0.1) is 17.0 Å². The highest BCUT2D eigenvalue weighted by Crippen LogP contribution is 2.39. The van der Waals surface area contributed by atoms with Crippen LogP contribution in [0.5, 0.6) is 0 Å². The number of aromatic nitrogens is 1. The van der Waals surface area contributed by atoms with Gasteiger partial charge in [-0.1, -0.05) is 6.42 Å². The van der Waals surface area contributed by atoms with E-state index >= 15 is 0 Å². The number of anilines is 1. The quantitative estimate of drug-likeness (QED) is 0.556. The molecule has 1 aliphatic rings.